The van der Waals surface area contributed by atoms with Crippen LogP contribution < -0.4 is 5.73 Å². The first kappa shape index (κ1) is 16.2. The summed E-state index contributed by atoms with van der Waals surface area (Å²) in [6.07, 6.45) is 0. The summed E-state index contributed by atoms with van der Waals surface area (Å²) in [4.78, 5) is -0.0532. The molecule has 6 nitrogen and oxygen atoms in total. The Morgan fingerprint density at radius 1 is 1.26 bits per heavy atom. The SMILES string of the molecule is Cc1c(N)cc(S(=O)(=O)N(CCO)CCO)cc1Cl. The molecule has 1 rings (SSSR count). The molecular weight excluding hydrogens is 292 g/mol. The Morgan fingerprint density at radius 3 is 2.21 bits per heavy atom. The molecule has 4 N–H and O–H groups in total. The van der Waals surface area contributed by atoms with Gasteiger partial charge in [-0.3, -0.25) is 0 Å². The Morgan fingerprint density at radius 2 is 1.79 bits per heavy atom. The maximum atomic E-state index is 12.3. The van der Waals surface area contributed by atoms with E-state index in [9.17, 15) is 8.42 Å². The van der Waals surface area contributed by atoms with Crippen LogP contribution in [-0.2, 0) is 10.0 Å². The number of anilines is 1. The minimum absolute atomic E-state index is 0.0532. The summed E-state index contributed by atoms with van der Waals surface area (Å²) in [6.45, 7) is 0.804. The van der Waals surface area contributed by atoms with Gasteiger partial charge in [-0.2, -0.15) is 4.31 Å². The van der Waals surface area contributed by atoms with Gasteiger partial charge in [0.05, 0.1) is 18.1 Å². The molecule has 0 aromatic heterocycles. The smallest absolute Gasteiger partial charge is 0.243 e. The first-order chi connectivity index (χ1) is 8.84. The summed E-state index contributed by atoms with van der Waals surface area (Å²) >= 11 is 5.92. The second-order valence-corrected chi connectivity index (χ2v) is 6.32. The normalized spacial score (nSPS) is 12.1. The van der Waals surface area contributed by atoms with E-state index in [1.54, 1.807) is 6.92 Å². The van der Waals surface area contributed by atoms with Gasteiger partial charge < -0.3 is 15.9 Å². The number of sulfonamides is 1. The lowest BCUT2D eigenvalue weighted by Crippen LogP contribution is -2.35. The number of nitrogens with two attached hydrogens (primary N) is 1. The molecule has 0 aliphatic carbocycles. The van der Waals surface area contributed by atoms with E-state index in [4.69, 9.17) is 27.5 Å². The molecule has 0 aliphatic rings. The van der Waals surface area contributed by atoms with Gasteiger partial charge in [-0.1, -0.05) is 11.6 Å². The van der Waals surface area contributed by atoms with Crippen LogP contribution in [-0.4, -0.2) is 49.2 Å². The van der Waals surface area contributed by atoms with Crippen molar-refractivity contribution < 1.29 is 18.6 Å². The van der Waals surface area contributed by atoms with Crippen molar-refractivity contribution in [1.82, 2.24) is 4.31 Å². The Bertz CT molecular complexity index is 519. The highest BCUT2D eigenvalue weighted by Gasteiger charge is 2.24. The number of aliphatic hydroxyl groups is 2. The van der Waals surface area contributed by atoms with E-state index < -0.39 is 10.0 Å². The number of hydrogen-bond donors (Lipinski definition) is 3. The van der Waals surface area contributed by atoms with E-state index >= 15 is 0 Å². The molecule has 0 saturated heterocycles. The Hall–Kier alpha value is -0.860. The predicted molar refractivity (Wildman–Crippen MR) is 73.5 cm³/mol. The number of halogens is 1. The Balaban J connectivity index is 3.25. The number of nitrogens with zero attached hydrogens (tertiary/aromatic N) is 1. The molecule has 1 aromatic carbocycles. The molecule has 1 aromatic rings. The topological polar surface area (TPSA) is 104 Å². The van der Waals surface area contributed by atoms with Gasteiger partial charge in [-0.25, -0.2) is 8.42 Å². The second kappa shape index (κ2) is 6.53. The second-order valence-electron chi connectivity index (χ2n) is 3.97. The van der Waals surface area contributed by atoms with Crippen LogP contribution in [0.25, 0.3) is 0 Å². The number of rotatable bonds is 6. The van der Waals surface area contributed by atoms with E-state index in [1.807, 2.05) is 0 Å². The summed E-state index contributed by atoms with van der Waals surface area (Å²) in [7, 11) is -3.84. The summed E-state index contributed by atoms with van der Waals surface area (Å²) in [5, 5.41) is 18.0. The van der Waals surface area contributed by atoms with Crippen molar-refractivity contribution >= 4 is 27.3 Å². The molecule has 0 unspecified atom stereocenters. The minimum Gasteiger partial charge on any atom is -0.398 e. The number of benzene rings is 1. The van der Waals surface area contributed by atoms with Gasteiger partial charge in [-0.15, -0.1) is 0 Å². The zero-order valence-electron chi connectivity index (χ0n) is 10.5. The minimum atomic E-state index is -3.84. The molecule has 0 saturated carbocycles. The van der Waals surface area contributed by atoms with Gasteiger partial charge in [0, 0.05) is 23.8 Å². The summed E-state index contributed by atoms with van der Waals surface area (Å²) in [6, 6.07) is 2.63. The zero-order chi connectivity index (χ0) is 14.6. The predicted octanol–water partition coefficient (Wildman–Crippen LogP) is 0.206. The standard InChI is InChI=1S/C11H17ClN2O4S/c1-8-10(12)6-9(7-11(8)13)19(17,18)14(2-4-15)3-5-16/h6-7,15-16H,2-5,13H2,1H3. The molecule has 0 radical (unpaired) electrons. The van der Waals surface area contributed by atoms with Crippen LogP contribution in [0.2, 0.25) is 5.02 Å². The molecule has 108 valence electrons. The largest absolute Gasteiger partial charge is 0.398 e. The molecule has 0 bridgehead atoms. The molecule has 8 heteroatoms. The van der Waals surface area contributed by atoms with Crippen LogP contribution in [0.4, 0.5) is 5.69 Å². The third-order valence-electron chi connectivity index (χ3n) is 2.69. The van der Waals surface area contributed by atoms with E-state index in [0.29, 0.717) is 5.56 Å². The van der Waals surface area contributed by atoms with Crippen molar-refractivity contribution in [3.63, 3.8) is 0 Å². The lowest BCUT2D eigenvalue weighted by Gasteiger charge is -2.21. The van der Waals surface area contributed by atoms with E-state index in [1.165, 1.54) is 12.1 Å². The van der Waals surface area contributed by atoms with Crippen molar-refractivity contribution in [2.45, 2.75) is 11.8 Å². The van der Waals surface area contributed by atoms with Crippen LogP contribution in [0.3, 0.4) is 0 Å². The van der Waals surface area contributed by atoms with E-state index in [-0.39, 0.29) is 41.9 Å². The van der Waals surface area contributed by atoms with Crippen LogP contribution in [0.5, 0.6) is 0 Å². The molecule has 19 heavy (non-hydrogen) atoms. The lowest BCUT2D eigenvalue weighted by atomic mass is 10.2. The average molecular weight is 309 g/mol. The highest BCUT2D eigenvalue weighted by atomic mass is 35.5. The van der Waals surface area contributed by atoms with E-state index in [2.05, 4.69) is 0 Å². The van der Waals surface area contributed by atoms with Gasteiger partial charge in [0.2, 0.25) is 10.0 Å². The lowest BCUT2D eigenvalue weighted by molar-refractivity contribution is 0.217. The van der Waals surface area contributed by atoms with Gasteiger partial charge >= 0.3 is 0 Å². The van der Waals surface area contributed by atoms with Crippen LogP contribution in [0.15, 0.2) is 17.0 Å². The van der Waals surface area contributed by atoms with Gasteiger partial charge in [0.15, 0.2) is 0 Å². The molecule has 0 amide bonds. The maximum absolute atomic E-state index is 12.3. The fourth-order valence-corrected chi connectivity index (χ4v) is 3.32. The molecule has 0 aliphatic heterocycles. The number of aliphatic hydroxyl groups excluding tert-OH is 2. The quantitative estimate of drug-likeness (QED) is 0.652. The average Bonchev–Trinajstić information content (AvgIpc) is 2.35. The van der Waals surface area contributed by atoms with Crippen LogP contribution in [0, 0.1) is 6.92 Å². The third-order valence-corrected chi connectivity index (χ3v) is 4.96. The molecule has 0 fully saturated rings. The van der Waals surface area contributed by atoms with Crippen LogP contribution >= 0.6 is 11.6 Å². The number of hydrogen-bond acceptors (Lipinski definition) is 5. The van der Waals surface area contributed by atoms with Crippen molar-refractivity contribution in [3.05, 3.63) is 22.7 Å². The summed E-state index contributed by atoms with van der Waals surface area (Å²) < 4.78 is 25.6. The highest BCUT2D eigenvalue weighted by Crippen LogP contribution is 2.27. The van der Waals surface area contributed by atoms with Gasteiger partial charge in [0.25, 0.3) is 0 Å². The number of nitrogen functional groups attached to an aromatic ring is 1. The van der Waals surface area contributed by atoms with Crippen LogP contribution in [0.1, 0.15) is 5.56 Å². The molecule has 0 heterocycles. The third kappa shape index (κ3) is 3.58. The van der Waals surface area contributed by atoms with Crippen molar-refractivity contribution in [1.29, 1.82) is 0 Å². The maximum Gasteiger partial charge on any atom is 0.243 e. The van der Waals surface area contributed by atoms with Gasteiger partial charge in [0.1, 0.15) is 0 Å². The molecule has 0 atom stereocenters. The highest BCUT2D eigenvalue weighted by molar-refractivity contribution is 7.89. The first-order valence-electron chi connectivity index (χ1n) is 5.62. The van der Waals surface area contributed by atoms with E-state index in [0.717, 1.165) is 4.31 Å². The molecular formula is C11H17ClN2O4S. The Labute approximate surface area is 117 Å². The Kier molecular flexibility index (Phi) is 5.57. The monoisotopic (exact) mass is 308 g/mol. The fraction of sp³-hybridized carbons (Fsp3) is 0.455. The molecule has 0 spiro atoms. The summed E-state index contributed by atoms with van der Waals surface area (Å²) in [5.41, 5.74) is 6.58. The fourth-order valence-electron chi connectivity index (χ4n) is 1.55. The summed E-state index contributed by atoms with van der Waals surface area (Å²) in [5.74, 6) is 0. The van der Waals surface area contributed by atoms with Crippen molar-refractivity contribution in [3.8, 4) is 0 Å². The zero-order valence-corrected chi connectivity index (χ0v) is 12.1. The first-order valence-corrected chi connectivity index (χ1v) is 7.44. The van der Waals surface area contributed by atoms with Crippen molar-refractivity contribution in [2.24, 2.45) is 0 Å². The van der Waals surface area contributed by atoms with Gasteiger partial charge in [-0.05, 0) is 24.6 Å². The van der Waals surface area contributed by atoms with Crippen molar-refractivity contribution in [2.75, 3.05) is 32.0 Å².